The Balaban J connectivity index is 2.97. The maximum absolute atomic E-state index is 4.07. The van der Waals surface area contributed by atoms with Crippen molar-refractivity contribution in [3.8, 4) is 0 Å². The predicted molar refractivity (Wildman–Crippen MR) is 80.8 cm³/mol. The molecule has 0 fully saturated rings. The molecule has 2 nitrogen and oxygen atoms in total. The van der Waals surface area contributed by atoms with Crippen molar-refractivity contribution < 1.29 is 0 Å². The summed E-state index contributed by atoms with van der Waals surface area (Å²) >= 11 is 0. The molecule has 18 heavy (non-hydrogen) atoms. The third kappa shape index (κ3) is 3.88. The number of benzene rings is 1. The highest BCUT2D eigenvalue weighted by molar-refractivity contribution is 5.56. The van der Waals surface area contributed by atoms with E-state index in [0.29, 0.717) is 0 Å². The minimum absolute atomic E-state index is 0.226. The van der Waals surface area contributed by atoms with E-state index >= 15 is 0 Å². The Bertz CT molecular complexity index is 444. The Morgan fingerprint density at radius 1 is 1.44 bits per heavy atom. The Labute approximate surface area is 110 Å². The summed E-state index contributed by atoms with van der Waals surface area (Å²) in [6.45, 7) is 9.89. The van der Waals surface area contributed by atoms with Gasteiger partial charge in [-0.15, -0.1) is 0 Å². The summed E-state index contributed by atoms with van der Waals surface area (Å²) in [7, 11) is 0. The van der Waals surface area contributed by atoms with Crippen LogP contribution in [0.2, 0.25) is 0 Å². The van der Waals surface area contributed by atoms with E-state index in [-0.39, 0.29) is 6.04 Å². The highest BCUT2D eigenvalue weighted by Crippen LogP contribution is 2.19. The van der Waals surface area contributed by atoms with Crippen molar-refractivity contribution in [3.05, 3.63) is 53.6 Å². The Kier molecular flexibility index (Phi) is 5.92. The maximum Gasteiger partial charge on any atom is 0.0661 e. The first-order chi connectivity index (χ1) is 8.72. The molecule has 0 saturated heterocycles. The number of aryl methyl sites for hydroxylation is 1. The van der Waals surface area contributed by atoms with Gasteiger partial charge in [0, 0.05) is 6.21 Å². The van der Waals surface area contributed by atoms with E-state index in [1.807, 2.05) is 13.0 Å². The monoisotopic (exact) mass is 242 g/mol. The van der Waals surface area contributed by atoms with Gasteiger partial charge in [0.1, 0.15) is 0 Å². The molecule has 0 aromatic heterocycles. The molecule has 1 atom stereocenters. The van der Waals surface area contributed by atoms with Crippen LogP contribution in [0.5, 0.6) is 0 Å². The van der Waals surface area contributed by atoms with Crippen LogP contribution in [0.4, 0.5) is 0 Å². The van der Waals surface area contributed by atoms with Gasteiger partial charge in [0.05, 0.1) is 6.04 Å². The van der Waals surface area contributed by atoms with Crippen LogP contribution in [0, 0.1) is 0 Å². The van der Waals surface area contributed by atoms with E-state index in [0.717, 1.165) is 6.42 Å². The molecule has 1 unspecified atom stereocenters. The quantitative estimate of drug-likeness (QED) is 0.453. The van der Waals surface area contributed by atoms with Gasteiger partial charge in [-0.2, -0.15) is 5.10 Å². The van der Waals surface area contributed by atoms with Crippen molar-refractivity contribution in [1.29, 1.82) is 0 Å². The lowest BCUT2D eigenvalue weighted by Gasteiger charge is -2.14. The molecule has 0 amide bonds. The van der Waals surface area contributed by atoms with Crippen molar-refractivity contribution in [2.24, 2.45) is 5.10 Å². The molecule has 1 aromatic carbocycles. The lowest BCUT2D eigenvalue weighted by atomic mass is 9.98. The summed E-state index contributed by atoms with van der Waals surface area (Å²) in [6, 6.07) is 6.77. The smallest absolute Gasteiger partial charge is 0.0661 e. The fourth-order valence-electron chi connectivity index (χ4n) is 1.80. The first-order valence-corrected chi connectivity index (χ1v) is 6.38. The number of nitrogens with one attached hydrogen (secondary N) is 1. The lowest BCUT2D eigenvalue weighted by Crippen LogP contribution is -2.12. The first-order valence-electron chi connectivity index (χ1n) is 6.38. The maximum atomic E-state index is 4.07. The second-order valence-electron chi connectivity index (χ2n) is 4.14. The molecular weight excluding hydrogens is 220 g/mol. The average Bonchev–Trinajstić information content (AvgIpc) is 2.42. The van der Waals surface area contributed by atoms with Gasteiger partial charge in [0.15, 0.2) is 0 Å². The van der Waals surface area contributed by atoms with Crippen LogP contribution >= 0.6 is 0 Å². The molecule has 1 aromatic rings. The highest BCUT2D eigenvalue weighted by Gasteiger charge is 2.06. The summed E-state index contributed by atoms with van der Waals surface area (Å²) < 4.78 is 0. The molecule has 0 aliphatic carbocycles. The Morgan fingerprint density at radius 2 is 2.22 bits per heavy atom. The van der Waals surface area contributed by atoms with Crippen LogP contribution in [0.15, 0.2) is 42.0 Å². The van der Waals surface area contributed by atoms with Crippen LogP contribution < -0.4 is 5.43 Å². The molecule has 0 radical (unpaired) electrons. The molecule has 0 bridgehead atoms. The Morgan fingerprint density at radius 3 is 2.83 bits per heavy atom. The molecule has 0 spiro atoms. The fraction of sp³-hybridized carbons (Fsp3) is 0.312. The SMILES string of the molecule is C=C/C=C\c1ccc(C(C)N/N=C\C)cc1CC. The molecule has 1 N–H and O–H groups in total. The van der Waals surface area contributed by atoms with Crippen molar-refractivity contribution in [2.45, 2.75) is 33.2 Å². The van der Waals surface area contributed by atoms with Crippen LogP contribution in [0.25, 0.3) is 6.08 Å². The van der Waals surface area contributed by atoms with Gasteiger partial charge in [-0.1, -0.05) is 49.9 Å². The third-order valence-corrected chi connectivity index (χ3v) is 2.86. The standard InChI is InChI=1S/C16H22N2/c1-5-8-9-15-10-11-16(12-14(15)6-2)13(4)18-17-7-3/h5,7-13,18H,1,6H2,2-4H3/b9-8-,17-7-. The molecule has 0 aliphatic heterocycles. The van der Waals surface area contributed by atoms with Crippen LogP contribution in [0.3, 0.4) is 0 Å². The number of hydrazone groups is 1. The second-order valence-corrected chi connectivity index (χ2v) is 4.14. The van der Waals surface area contributed by atoms with Crippen molar-refractivity contribution in [2.75, 3.05) is 0 Å². The van der Waals surface area contributed by atoms with Crippen LogP contribution in [-0.4, -0.2) is 6.21 Å². The number of allylic oxidation sites excluding steroid dienone is 2. The van der Waals surface area contributed by atoms with E-state index in [2.05, 4.69) is 55.2 Å². The molecule has 0 saturated carbocycles. The van der Waals surface area contributed by atoms with Gasteiger partial charge < -0.3 is 5.43 Å². The third-order valence-electron chi connectivity index (χ3n) is 2.86. The number of hydrogen-bond donors (Lipinski definition) is 1. The molecule has 96 valence electrons. The van der Waals surface area contributed by atoms with E-state index in [1.165, 1.54) is 16.7 Å². The van der Waals surface area contributed by atoms with Gasteiger partial charge in [-0.3, -0.25) is 0 Å². The van der Waals surface area contributed by atoms with Gasteiger partial charge in [0.25, 0.3) is 0 Å². The van der Waals surface area contributed by atoms with E-state index in [1.54, 1.807) is 12.3 Å². The first kappa shape index (κ1) is 14.2. The molecule has 0 heterocycles. The fourth-order valence-corrected chi connectivity index (χ4v) is 1.80. The van der Waals surface area contributed by atoms with Crippen molar-refractivity contribution >= 4 is 12.3 Å². The molecule has 2 heteroatoms. The zero-order valence-corrected chi connectivity index (χ0v) is 11.5. The van der Waals surface area contributed by atoms with E-state index in [9.17, 15) is 0 Å². The summed E-state index contributed by atoms with van der Waals surface area (Å²) in [5.41, 5.74) is 6.96. The largest absolute Gasteiger partial charge is 0.303 e. The summed E-state index contributed by atoms with van der Waals surface area (Å²) in [4.78, 5) is 0. The number of nitrogens with zero attached hydrogens (tertiary/aromatic N) is 1. The van der Waals surface area contributed by atoms with E-state index in [4.69, 9.17) is 0 Å². The van der Waals surface area contributed by atoms with Gasteiger partial charge >= 0.3 is 0 Å². The van der Waals surface area contributed by atoms with Gasteiger partial charge in [-0.05, 0) is 37.0 Å². The molecule has 0 aliphatic rings. The predicted octanol–water partition coefficient (Wildman–Crippen LogP) is 4.10. The normalized spacial score (nSPS) is 13.1. The molecular formula is C16H22N2. The Hall–Kier alpha value is -1.83. The van der Waals surface area contributed by atoms with Gasteiger partial charge in [-0.25, -0.2) is 0 Å². The zero-order valence-electron chi connectivity index (χ0n) is 11.5. The summed E-state index contributed by atoms with van der Waals surface area (Å²) in [5.74, 6) is 0. The summed E-state index contributed by atoms with van der Waals surface area (Å²) in [5, 5.41) is 4.07. The molecule has 1 rings (SSSR count). The second kappa shape index (κ2) is 7.49. The number of hydrogen-bond acceptors (Lipinski definition) is 2. The van der Waals surface area contributed by atoms with Gasteiger partial charge in [0.2, 0.25) is 0 Å². The zero-order chi connectivity index (χ0) is 13.4. The van der Waals surface area contributed by atoms with Crippen LogP contribution in [0.1, 0.15) is 43.5 Å². The van der Waals surface area contributed by atoms with Crippen molar-refractivity contribution in [1.82, 2.24) is 5.43 Å². The topological polar surface area (TPSA) is 24.4 Å². The minimum Gasteiger partial charge on any atom is -0.303 e. The number of rotatable bonds is 6. The van der Waals surface area contributed by atoms with Crippen molar-refractivity contribution in [3.63, 3.8) is 0 Å². The minimum atomic E-state index is 0.226. The average molecular weight is 242 g/mol. The summed E-state index contributed by atoms with van der Waals surface area (Å²) in [6.07, 6.45) is 8.65. The lowest BCUT2D eigenvalue weighted by molar-refractivity contribution is 0.606. The van der Waals surface area contributed by atoms with E-state index < -0.39 is 0 Å². The highest BCUT2D eigenvalue weighted by atomic mass is 15.3. The van der Waals surface area contributed by atoms with Crippen LogP contribution in [-0.2, 0) is 6.42 Å².